The Hall–Kier alpha value is -1.20. The number of nitrogens with zero attached hydrogens (tertiary/aromatic N) is 1. The summed E-state index contributed by atoms with van der Waals surface area (Å²) < 4.78 is 0.749. The number of hydrogen-bond donors (Lipinski definition) is 1. The zero-order valence-electron chi connectivity index (χ0n) is 9.24. The summed E-state index contributed by atoms with van der Waals surface area (Å²) >= 11 is 4.83. The van der Waals surface area contributed by atoms with Gasteiger partial charge in [-0.15, -0.1) is 11.3 Å². The van der Waals surface area contributed by atoms with Crippen molar-refractivity contribution in [3.05, 3.63) is 44.3 Å². The first-order valence-electron chi connectivity index (χ1n) is 5.05. The maximum Gasteiger partial charge on any atom is 0.169 e. The number of nitrogen functional groups attached to an aromatic ring is 1. The topological polar surface area (TPSA) is 56.0 Å². The molecule has 88 valence electrons. The van der Waals surface area contributed by atoms with Crippen LogP contribution < -0.4 is 5.73 Å². The van der Waals surface area contributed by atoms with Crippen molar-refractivity contribution >= 4 is 38.7 Å². The number of nitrogens with two attached hydrogens (primary N) is 1. The van der Waals surface area contributed by atoms with Gasteiger partial charge in [-0.2, -0.15) is 0 Å². The van der Waals surface area contributed by atoms with Crippen LogP contribution in [-0.2, 0) is 6.42 Å². The molecule has 0 amide bonds. The summed E-state index contributed by atoms with van der Waals surface area (Å²) in [4.78, 5) is 16.3. The van der Waals surface area contributed by atoms with Crippen LogP contribution in [-0.4, -0.2) is 10.8 Å². The van der Waals surface area contributed by atoms with Gasteiger partial charge in [-0.25, -0.2) is 4.98 Å². The summed E-state index contributed by atoms with van der Waals surface area (Å²) in [6.07, 6.45) is 0.342. The number of aryl methyl sites for hydroxylation is 1. The number of halogens is 1. The van der Waals surface area contributed by atoms with E-state index >= 15 is 0 Å². The molecular formula is C12H11BrN2OS. The predicted octanol–water partition coefficient (Wildman–Crippen LogP) is 3.22. The number of carbonyl (C=O) groups excluding carboxylic acids is 1. The maximum absolute atomic E-state index is 12.0. The normalized spacial score (nSPS) is 10.5. The van der Waals surface area contributed by atoms with Crippen LogP contribution >= 0.6 is 27.3 Å². The van der Waals surface area contributed by atoms with Crippen molar-refractivity contribution in [2.75, 3.05) is 5.73 Å². The molecular weight excluding hydrogens is 300 g/mol. The summed E-state index contributed by atoms with van der Waals surface area (Å²) in [6.45, 7) is 1.92. The fraction of sp³-hybridized carbons (Fsp3) is 0.167. The van der Waals surface area contributed by atoms with Crippen LogP contribution in [0.5, 0.6) is 0 Å². The van der Waals surface area contributed by atoms with E-state index in [1.54, 1.807) is 18.2 Å². The number of rotatable bonds is 3. The third kappa shape index (κ3) is 2.92. The third-order valence-electron chi connectivity index (χ3n) is 2.30. The number of Topliss-reactive ketones (excluding diaryl/α,β-unsaturated/α-hetero) is 1. The van der Waals surface area contributed by atoms with Crippen LogP contribution in [0.15, 0.2) is 28.1 Å². The van der Waals surface area contributed by atoms with E-state index in [9.17, 15) is 4.79 Å². The Morgan fingerprint density at radius 1 is 1.53 bits per heavy atom. The molecule has 3 nitrogen and oxygen atoms in total. The molecule has 2 N–H and O–H groups in total. The van der Waals surface area contributed by atoms with Crippen LogP contribution in [0.2, 0.25) is 0 Å². The maximum atomic E-state index is 12.0. The Balaban J connectivity index is 2.17. The molecule has 1 heterocycles. The molecule has 0 bridgehead atoms. The van der Waals surface area contributed by atoms with E-state index in [1.807, 2.05) is 12.3 Å². The molecule has 17 heavy (non-hydrogen) atoms. The average Bonchev–Trinajstić information content (AvgIpc) is 2.68. The van der Waals surface area contributed by atoms with Gasteiger partial charge in [0.15, 0.2) is 5.78 Å². The van der Waals surface area contributed by atoms with E-state index in [4.69, 9.17) is 5.73 Å². The molecule has 0 atom stereocenters. The molecule has 2 aromatic rings. The Kier molecular flexibility index (Phi) is 3.59. The van der Waals surface area contributed by atoms with Crippen molar-refractivity contribution in [3.63, 3.8) is 0 Å². The van der Waals surface area contributed by atoms with Crippen LogP contribution in [0, 0.1) is 6.92 Å². The number of carbonyl (C=O) groups is 1. The van der Waals surface area contributed by atoms with Gasteiger partial charge < -0.3 is 5.73 Å². The Bertz CT molecular complexity index is 565. The van der Waals surface area contributed by atoms with Crippen molar-refractivity contribution in [2.45, 2.75) is 13.3 Å². The predicted molar refractivity (Wildman–Crippen MR) is 73.4 cm³/mol. The Labute approximate surface area is 112 Å². The fourth-order valence-corrected chi connectivity index (χ4v) is 2.57. The molecule has 0 fully saturated rings. The number of benzene rings is 1. The molecule has 5 heteroatoms. The average molecular weight is 311 g/mol. The molecule has 0 saturated carbocycles. The van der Waals surface area contributed by atoms with E-state index in [1.165, 1.54) is 11.3 Å². The lowest BCUT2D eigenvalue weighted by atomic mass is 10.1. The fourth-order valence-electron chi connectivity index (χ4n) is 1.42. The van der Waals surface area contributed by atoms with E-state index in [0.717, 1.165) is 15.2 Å². The van der Waals surface area contributed by atoms with Gasteiger partial charge in [-0.1, -0.05) is 0 Å². The molecule has 1 aromatic heterocycles. The van der Waals surface area contributed by atoms with Gasteiger partial charge in [0.2, 0.25) is 0 Å². The minimum Gasteiger partial charge on any atom is -0.398 e. The van der Waals surface area contributed by atoms with Crippen LogP contribution in [0.25, 0.3) is 0 Å². The molecule has 0 radical (unpaired) electrons. The Morgan fingerprint density at radius 3 is 2.88 bits per heavy atom. The lowest BCUT2D eigenvalue weighted by Crippen LogP contribution is -2.04. The molecule has 0 aliphatic heterocycles. The monoisotopic (exact) mass is 310 g/mol. The lowest BCUT2D eigenvalue weighted by molar-refractivity contribution is 0.0993. The van der Waals surface area contributed by atoms with Crippen molar-refractivity contribution in [1.82, 2.24) is 4.98 Å². The molecule has 0 aliphatic rings. The summed E-state index contributed by atoms with van der Waals surface area (Å²) in [5, 5.41) is 2.79. The molecule has 1 aromatic carbocycles. The van der Waals surface area contributed by atoms with Gasteiger partial charge in [-0.05, 0) is 41.1 Å². The van der Waals surface area contributed by atoms with E-state index < -0.39 is 0 Å². The number of hydrogen-bond acceptors (Lipinski definition) is 4. The van der Waals surface area contributed by atoms with Crippen LogP contribution in [0.1, 0.15) is 21.1 Å². The number of anilines is 1. The first-order chi connectivity index (χ1) is 8.06. The highest BCUT2D eigenvalue weighted by atomic mass is 79.9. The van der Waals surface area contributed by atoms with Gasteiger partial charge in [0.1, 0.15) is 5.01 Å². The first-order valence-corrected chi connectivity index (χ1v) is 6.73. The van der Waals surface area contributed by atoms with Gasteiger partial charge in [0, 0.05) is 26.8 Å². The quantitative estimate of drug-likeness (QED) is 0.699. The van der Waals surface area contributed by atoms with Gasteiger partial charge in [0.25, 0.3) is 0 Å². The van der Waals surface area contributed by atoms with Crippen LogP contribution in [0.4, 0.5) is 5.69 Å². The molecule has 0 spiro atoms. The van der Waals surface area contributed by atoms with Gasteiger partial charge >= 0.3 is 0 Å². The van der Waals surface area contributed by atoms with Crippen LogP contribution in [0.3, 0.4) is 0 Å². The van der Waals surface area contributed by atoms with Crippen molar-refractivity contribution in [1.29, 1.82) is 0 Å². The Morgan fingerprint density at radius 2 is 2.29 bits per heavy atom. The summed E-state index contributed by atoms with van der Waals surface area (Å²) in [5.41, 5.74) is 7.91. The summed E-state index contributed by atoms with van der Waals surface area (Å²) in [5.74, 6) is 0.0556. The van der Waals surface area contributed by atoms with Gasteiger partial charge in [-0.3, -0.25) is 4.79 Å². The summed E-state index contributed by atoms with van der Waals surface area (Å²) in [6, 6.07) is 5.21. The first kappa shape index (κ1) is 12.3. The minimum atomic E-state index is 0.0556. The summed E-state index contributed by atoms with van der Waals surface area (Å²) in [7, 11) is 0. The number of aromatic nitrogens is 1. The highest BCUT2D eigenvalue weighted by Gasteiger charge is 2.10. The van der Waals surface area contributed by atoms with E-state index in [2.05, 4.69) is 20.9 Å². The van der Waals surface area contributed by atoms with E-state index in [-0.39, 0.29) is 5.78 Å². The van der Waals surface area contributed by atoms with Crippen molar-refractivity contribution < 1.29 is 4.79 Å². The standard InChI is InChI=1S/C12H11BrN2OS/c1-7-6-17-12(15-7)5-11(16)8-2-3-10(14)9(13)4-8/h2-4,6H,5,14H2,1H3. The highest BCUT2D eigenvalue weighted by Crippen LogP contribution is 2.21. The number of thiazole rings is 1. The minimum absolute atomic E-state index is 0.0556. The second-order valence-corrected chi connectivity index (χ2v) is 5.52. The van der Waals surface area contributed by atoms with E-state index in [0.29, 0.717) is 17.7 Å². The second kappa shape index (κ2) is 4.98. The van der Waals surface area contributed by atoms with Crippen molar-refractivity contribution in [2.24, 2.45) is 0 Å². The SMILES string of the molecule is Cc1csc(CC(=O)c2ccc(N)c(Br)c2)n1. The second-order valence-electron chi connectivity index (χ2n) is 3.72. The molecule has 0 unspecified atom stereocenters. The zero-order valence-corrected chi connectivity index (χ0v) is 11.6. The smallest absolute Gasteiger partial charge is 0.169 e. The molecule has 0 saturated heterocycles. The highest BCUT2D eigenvalue weighted by molar-refractivity contribution is 9.10. The molecule has 2 rings (SSSR count). The third-order valence-corrected chi connectivity index (χ3v) is 3.95. The largest absolute Gasteiger partial charge is 0.398 e. The molecule has 0 aliphatic carbocycles. The van der Waals surface area contributed by atoms with Gasteiger partial charge in [0.05, 0.1) is 6.42 Å². The zero-order chi connectivity index (χ0) is 12.4. The lowest BCUT2D eigenvalue weighted by Gasteiger charge is -2.02. The van der Waals surface area contributed by atoms with Crippen molar-refractivity contribution in [3.8, 4) is 0 Å². The number of ketones is 1.